The third-order valence-electron chi connectivity index (χ3n) is 3.84. The standard InChI is InChI=1S/C15H16F3N3OS2/c1-8(12(22)19-6-15(16,17)18)23-13-11-9-4-2-3-5-10(9)24-14(11)21-7-20-13/h7-8H,2-6H2,1H3,(H,19,22)/t8-/m1/s1. The number of thiophene rings is 1. The highest BCUT2D eigenvalue weighted by Crippen LogP contribution is 2.40. The van der Waals surface area contributed by atoms with Crippen molar-refractivity contribution in [3.05, 3.63) is 16.8 Å². The average Bonchev–Trinajstić information content (AvgIpc) is 2.91. The fraction of sp³-hybridized carbons (Fsp3) is 0.533. The first-order valence-electron chi connectivity index (χ1n) is 7.61. The lowest BCUT2D eigenvalue weighted by molar-refractivity contribution is -0.137. The van der Waals surface area contributed by atoms with Crippen LogP contribution in [-0.4, -0.2) is 33.8 Å². The van der Waals surface area contributed by atoms with Gasteiger partial charge in [0.05, 0.1) is 5.25 Å². The Kier molecular flexibility index (Phi) is 5.00. The number of fused-ring (bicyclic) bond motifs is 3. The zero-order valence-electron chi connectivity index (χ0n) is 12.9. The molecule has 2 aromatic rings. The molecule has 1 aliphatic rings. The number of carbonyl (C=O) groups excluding carboxylic acids is 1. The summed E-state index contributed by atoms with van der Waals surface area (Å²) in [5, 5.41) is 2.90. The maximum atomic E-state index is 12.2. The monoisotopic (exact) mass is 375 g/mol. The van der Waals surface area contributed by atoms with Gasteiger partial charge >= 0.3 is 6.18 Å². The predicted molar refractivity (Wildman–Crippen MR) is 88.4 cm³/mol. The Bertz CT molecular complexity index is 760. The van der Waals surface area contributed by atoms with Gasteiger partial charge in [0.1, 0.15) is 22.7 Å². The number of halogens is 3. The normalized spacial score (nSPS) is 16.0. The quantitative estimate of drug-likeness (QED) is 0.654. The van der Waals surface area contributed by atoms with Crippen LogP contribution in [0.2, 0.25) is 0 Å². The number of nitrogens with one attached hydrogen (secondary N) is 1. The molecule has 2 heterocycles. The van der Waals surface area contributed by atoms with Gasteiger partial charge in [0.25, 0.3) is 0 Å². The first-order valence-corrected chi connectivity index (χ1v) is 9.31. The van der Waals surface area contributed by atoms with Crippen LogP contribution in [0.3, 0.4) is 0 Å². The van der Waals surface area contributed by atoms with E-state index < -0.39 is 23.9 Å². The fourth-order valence-corrected chi connectivity index (χ4v) is 4.97. The Morgan fingerprint density at radius 1 is 1.38 bits per heavy atom. The van der Waals surface area contributed by atoms with E-state index in [4.69, 9.17) is 0 Å². The number of amides is 1. The number of hydrogen-bond acceptors (Lipinski definition) is 5. The molecule has 0 aromatic carbocycles. The second kappa shape index (κ2) is 6.87. The van der Waals surface area contributed by atoms with Crippen molar-refractivity contribution in [3.63, 3.8) is 0 Å². The van der Waals surface area contributed by atoms with Crippen LogP contribution in [0, 0.1) is 0 Å². The largest absolute Gasteiger partial charge is 0.405 e. The van der Waals surface area contributed by atoms with E-state index in [-0.39, 0.29) is 0 Å². The Labute approximate surface area is 145 Å². The molecule has 1 aliphatic carbocycles. The van der Waals surface area contributed by atoms with Gasteiger partial charge in [-0.05, 0) is 38.2 Å². The van der Waals surface area contributed by atoms with E-state index in [0.717, 1.165) is 35.9 Å². The molecule has 24 heavy (non-hydrogen) atoms. The van der Waals surface area contributed by atoms with Gasteiger partial charge in [0.15, 0.2) is 0 Å². The lowest BCUT2D eigenvalue weighted by atomic mass is 9.97. The number of hydrogen-bond donors (Lipinski definition) is 1. The van der Waals surface area contributed by atoms with E-state index in [1.807, 2.05) is 5.32 Å². The molecule has 3 rings (SSSR count). The van der Waals surface area contributed by atoms with Crippen molar-refractivity contribution >= 4 is 39.2 Å². The van der Waals surface area contributed by atoms with Crippen molar-refractivity contribution in [2.45, 2.75) is 49.1 Å². The Morgan fingerprint density at radius 2 is 2.12 bits per heavy atom. The van der Waals surface area contributed by atoms with Crippen LogP contribution >= 0.6 is 23.1 Å². The molecule has 1 amide bonds. The van der Waals surface area contributed by atoms with Gasteiger partial charge in [-0.3, -0.25) is 4.79 Å². The van der Waals surface area contributed by atoms with E-state index in [2.05, 4.69) is 9.97 Å². The van der Waals surface area contributed by atoms with E-state index in [1.165, 1.54) is 28.5 Å². The molecular weight excluding hydrogens is 359 g/mol. The fourth-order valence-electron chi connectivity index (χ4n) is 2.70. The van der Waals surface area contributed by atoms with Gasteiger partial charge in [0, 0.05) is 10.3 Å². The molecule has 9 heteroatoms. The third kappa shape index (κ3) is 3.83. The summed E-state index contributed by atoms with van der Waals surface area (Å²) in [6.45, 7) is 0.271. The van der Waals surface area contributed by atoms with E-state index in [1.54, 1.807) is 18.3 Å². The average molecular weight is 375 g/mol. The van der Waals surface area contributed by atoms with Crippen LogP contribution in [0.4, 0.5) is 13.2 Å². The van der Waals surface area contributed by atoms with Gasteiger partial charge < -0.3 is 5.32 Å². The molecule has 0 spiro atoms. The molecule has 0 saturated carbocycles. The molecule has 0 unspecified atom stereocenters. The lowest BCUT2D eigenvalue weighted by Gasteiger charge is -2.14. The highest BCUT2D eigenvalue weighted by molar-refractivity contribution is 8.00. The van der Waals surface area contributed by atoms with Crippen LogP contribution < -0.4 is 5.32 Å². The summed E-state index contributed by atoms with van der Waals surface area (Å²) in [7, 11) is 0. The van der Waals surface area contributed by atoms with Crippen molar-refractivity contribution in [1.82, 2.24) is 15.3 Å². The SMILES string of the molecule is C[C@@H](Sc1ncnc2sc3c(c12)CCCC3)C(=O)NCC(F)(F)F. The maximum Gasteiger partial charge on any atom is 0.405 e. The first-order chi connectivity index (χ1) is 11.3. The molecule has 0 saturated heterocycles. The smallest absolute Gasteiger partial charge is 0.346 e. The topological polar surface area (TPSA) is 54.9 Å². The van der Waals surface area contributed by atoms with Gasteiger partial charge in [-0.15, -0.1) is 11.3 Å². The van der Waals surface area contributed by atoms with E-state index >= 15 is 0 Å². The summed E-state index contributed by atoms with van der Waals surface area (Å²) >= 11 is 2.83. The van der Waals surface area contributed by atoms with Gasteiger partial charge in [-0.25, -0.2) is 9.97 Å². The molecule has 2 aromatic heterocycles. The van der Waals surface area contributed by atoms with Crippen LogP contribution in [0.25, 0.3) is 10.2 Å². The van der Waals surface area contributed by atoms with E-state index in [9.17, 15) is 18.0 Å². The minimum absolute atomic E-state index is 0.645. The number of nitrogens with zero attached hydrogens (tertiary/aromatic N) is 2. The van der Waals surface area contributed by atoms with Crippen LogP contribution in [0.5, 0.6) is 0 Å². The summed E-state index contributed by atoms with van der Waals surface area (Å²) in [5.74, 6) is -0.645. The first kappa shape index (κ1) is 17.5. The zero-order valence-corrected chi connectivity index (χ0v) is 14.6. The number of carbonyl (C=O) groups is 1. The molecule has 130 valence electrons. The van der Waals surface area contributed by atoms with Crippen molar-refractivity contribution in [2.75, 3.05) is 6.54 Å². The van der Waals surface area contributed by atoms with Crippen molar-refractivity contribution in [2.24, 2.45) is 0 Å². The van der Waals surface area contributed by atoms with Crippen LogP contribution in [-0.2, 0) is 17.6 Å². The van der Waals surface area contributed by atoms with Crippen molar-refractivity contribution in [3.8, 4) is 0 Å². The third-order valence-corrected chi connectivity index (χ3v) is 6.14. The Hall–Kier alpha value is -1.35. The molecule has 0 aliphatic heterocycles. The molecule has 0 fully saturated rings. The highest BCUT2D eigenvalue weighted by Gasteiger charge is 2.29. The minimum atomic E-state index is -4.41. The molecule has 4 nitrogen and oxygen atoms in total. The number of aromatic nitrogens is 2. The summed E-state index contributed by atoms with van der Waals surface area (Å²) in [5.41, 5.74) is 1.24. The Balaban J connectivity index is 1.80. The Morgan fingerprint density at radius 3 is 2.88 bits per heavy atom. The van der Waals surface area contributed by atoms with Gasteiger partial charge in [0.2, 0.25) is 5.91 Å². The summed E-state index contributed by atoms with van der Waals surface area (Å²) < 4.78 is 36.7. The summed E-state index contributed by atoms with van der Waals surface area (Å²) in [6.07, 6.45) is 1.31. The predicted octanol–water partition coefficient (Wildman–Crippen LogP) is 3.73. The molecule has 0 bridgehead atoms. The summed E-state index contributed by atoms with van der Waals surface area (Å²) in [6, 6.07) is 0. The number of rotatable bonds is 4. The van der Waals surface area contributed by atoms with E-state index in [0.29, 0.717) is 5.03 Å². The molecular formula is C15H16F3N3OS2. The number of alkyl halides is 3. The zero-order chi connectivity index (χ0) is 17.3. The summed E-state index contributed by atoms with van der Waals surface area (Å²) in [4.78, 5) is 22.7. The molecule has 1 atom stereocenters. The second-order valence-corrected chi connectivity index (χ2v) is 8.08. The lowest BCUT2D eigenvalue weighted by Crippen LogP contribution is -2.38. The van der Waals surface area contributed by atoms with Crippen molar-refractivity contribution < 1.29 is 18.0 Å². The number of thioether (sulfide) groups is 1. The van der Waals surface area contributed by atoms with Crippen LogP contribution in [0.15, 0.2) is 11.4 Å². The van der Waals surface area contributed by atoms with Gasteiger partial charge in [-0.1, -0.05) is 11.8 Å². The number of aryl methyl sites for hydroxylation is 2. The maximum absolute atomic E-state index is 12.2. The highest BCUT2D eigenvalue weighted by atomic mass is 32.2. The second-order valence-electron chi connectivity index (χ2n) is 5.66. The van der Waals surface area contributed by atoms with Crippen LogP contribution in [0.1, 0.15) is 30.2 Å². The van der Waals surface area contributed by atoms with Crippen molar-refractivity contribution in [1.29, 1.82) is 0 Å². The molecule has 1 N–H and O–H groups in total. The minimum Gasteiger partial charge on any atom is -0.346 e. The van der Waals surface area contributed by atoms with Gasteiger partial charge in [-0.2, -0.15) is 13.2 Å². The molecule has 0 radical (unpaired) electrons.